The molecule has 378 valence electrons. The Labute approximate surface area is 390 Å². The van der Waals surface area contributed by atoms with Gasteiger partial charge in [0.25, 0.3) is 11.6 Å². The molecule has 1 aromatic rings. The number of amides is 1. The van der Waals surface area contributed by atoms with Gasteiger partial charge in [-0.3, -0.25) is 19.7 Å². The summed E-state index contributed by atoms with van der Waals surface area (Å²) >= 11 is 0. The summed E-state index contributed by atoms with van der Waals surface area (Å²) in [5.41, 5.74) is -4.40. The zero-order chi connectivity index (χ0) is 49.6. The molecule has 19 heteroatoms. The maximum atomic E-state index is 14.4. The number of nitro benzene ring substituents is 1. The first kappa shape index (κ1) is 55.7. The van der Waals surface area contributed by atoms with Crippen LogP contribution in [0.25, 0.3) is 0 Å². The molecule has 0 unspecified atom stereocenters. The minimum absolute atomic E-state index is 0.0817. The number of nitrogens with one attached hydrogen (secondary N) is 1. The number of esters is 1. The van der Waals surface area contributed by atoms with E-state index < -0.39 is 113 Å². The minimum atomic E-state index is -1.85. The molecule has 3 aliphatic heterocycles. The lowest BCUT2D eigenvalue weighted by atomic mass is 9.77. The molecule has 18 atom stereocenters. The number of methoxy groups -OCH3 is 1. The zero-order valence-corrected chi connectivity index (χ0v) is 41.3. The van der Waals surface area contributed by atoms with Crippen LogP contribution in [0, 0.1) is 27.9 Å². The number of hydrogen-bond donors (Lipinski definition) is 6. The predicted octanol–water partition coefficient (Wildman–Crippen LogP) is 3.00. The third-order valence-electron chi connectivity index (χ3n) is 14.4. The third-order valence-corrected chi connectivity index (χ3v) is 14.4. The van der Waals surface area contributed by atoms with Crippen LogP contribution in [0.5, 0.6) is 0 Å². The molecule has 0 aliphatic carbocycles. The second-order valence-corrected chi connectivity index (χ2v) is 20.1. The Morgan fingerprint density at radius 1 is 1.00 bits per heavy atom. The van der Waals surface area contributed by atoms with Gasteiger partial charge in [-0.05, 0) is 113 Å². The van der Waals surface area contributed by atoms with Gasteiger partial charge in [-0.1, -0.05) is 20.8 Å². The van der Waals surface area contributed by atoms with Crippen LogP contribution in [-0.2, 0) is 33.2 Å². The molecule has 66 heavy (non-hydrogen) atoms. The Balaban J connectivity index is 1.67. The fourth-order valence-electron chi connectivity index (χ4n) is 10.2. The smallest absolute Gasteiger partial charge is 0.311 e. The van der Waals surface area contributed by atoms with Crippen molar-refractivity contribution in [3.8, 4) is 0 Å². The van der Waals surface area contributed by atoms with Crippen molar-refractivity contribution < 1.29 is 68.5 Å². The van der Waals surface area contributed by atoms with Gasteiger partial charge in [0.2, 0.25) is 0 Å². The molecule has 1 aromatic carbocycles. The fraction of sp³-hybridized carbons (Fsp3) is 0.830. The lowest BCUT2D eigenvalue weighted by Gasteiger charge is -2.49. The number of carbonyl (C=O) groups excluding carboxylic acids is 2. The molecule has 3 saturated heterocycles. The number of aliphatic hydroxyl groups is 5. The quantitative estimate of drug-likeness (QED) is 0.0720. The molecule has 0 radical (unpaired) electrons. The van der Waals surface area contributed by atoms with Gasteiger partial charge in [-0.15, -0.1) is 0 Å². The largest absolute Gasteiger partial charge is 0.459 e. The van der Waals surface area contributed by atoms with Crippen molar-refractivity contribution in [1.82, 2.24) is 15.1 Å². The molecule has 0 spiro atoms. The Kier molecular flexibility index (Phi) is 19.5. The summed E-state index contributed by atoms with van der Waals surface area (Å²) in [7, 11) is 5.16. The SMILES string of the molecule is CC[C@H]1OC(=O)[C@H](C)[C@@H](O[C@H]2C[C@@](C)(OC)[C@@H](O)[C@H](C)O2)[C@H](C)[C@@H](O[C@@H]2O[C@H](C)C[C@H](N(C)CCCNC(=O)c3ccc([N+](=O)[O-])cc3)[C@H]2O)[C@](C)(O)C[C@@H](C)CN(C)[C@H](C)[C@@H](O)[C@]1(C)O. The number of aliphatic hydroxyl groups excluding tert-OH is 3. The Morgan fingerprint density at radius 3 is 2.23 bits per heavy atom. The maximum Gasteiger partial charge on any atom is 0.311 e. The number of likely N-dealkylation sites (N-methyl/N-ethyl adjacent to an activating group) is 2. The number of carbonyl (C=O) groups is 2. The normalized spacial score (nSPS) is 41.4. The first-order chi connectivity index (χ1) is 30.7. The number of non-ortho nitro benzene ring substituents is 1. The molecule has 4 rings (SSSR count). The van der Waals surface area contributed by atoms with Crippen molar-refractivity contribution >= 4 is 17.6 Å². The molecule has 3 aliphatic rings. The van der Waals surface area contributed by atoms with E-state index in [1.165, 1.54) is 38.3 Å². The molecule has 0 saturated carbocycles. The van der Waals surface area contributed by atoms with Gasteiger partial charge < -0.3 is 69.1 Å². The van der Waals surface area contributed by atoms with E-state index in [1.54, 1.807) is 48.5 Å². The van der Waals surface area contributed by atoms with Crippen LogP contribution in [0.2, 0.25) is 0 Å². The van der Waals surface area contributed by atoms with Gasteiger partial charge in [-0.25, -0.2) is 0 Å². The Bertz CT molecular complexity index is 1740. The standard InChI is InChI=1S/C47H80N4O15/c1-14-35-47(10,58)39(53)30(6)50(12)25-26(2)23-45(8,57)41(28(4)38(29(5)43(56)64-35)65-36-24-46(9,61-13)40(54)31(7)63-36)66-44-37(52)34(22-27(3)62-44)49(11)21-15-20-48-42(55)32-16-18-33(19-17-32)51(59)60/h16-19,26-31,34-41,44,52-54,57-58H,14-15,20-25H2,1-13H3,(H,48,55)/t26-,27-,28+,29-,30-,31+,34+,35-,36+,37-,38+,39-,40+,41-,44+,45-,46-,47-/m1/s1. The van der Waals surface area contributed by atoms with E-state index in [1.807, 2.05) is 37.7 Å². The second-order valence-electron chi connectivity index (χ2n) is 20.1. The summed E-state index contributed by atoms with van der Waals surface area (Å²) in [6.45, 7) is 18.5. The number of nitro groups is 1. The fourth-order valence-corrected chi connectivity index (χ4v) is 10.2. The summed E-state index contributed by atoms with van der Waals surface area (Å²) in [5, 5.41) is 73.1. The molecule has 19 nitrogen and oxygen atoms in total. The van der Waals surface area contributed by atoms with E-state index in [-0.39, 0.29) is 36.8 Å². The number of hydrogen-bond acceptors (Lipinski definition) is 17. The Morgan fingerprint density at radius 2 is 1.64 bits per heavy atom. The highest BCUT2D eigenvalue weighted by atomic mass is 16.7. The summed E-state index contributed by atoms with van der Waals surface area (Å²) in [6, 6.07) is 4.28. The van der Waals surface area contributed by atoms with Crippen LogP contribution in [0.15, 0.2) is 24.3 Å². The number of ether oxygens (including phenoxy) is 6. The van der Waals surface area contributed by atoms with Gasteiger partial charge in [0.15, 0.2) is 12.6 Å². The van der Waals surface area contributed by atoms with Crippen molar-refractivity contribution in [2.24, 2.45) is 17.8 Å². The van der Waals surface area contributed by atoms with Crippen LogP contribution in [0.4, 0.5) is 5.69 Å². The summed E-state index contributed by atoms with van der Waals surface area (Å²) in [6.07, 6.45) is -8.91. The first-order valence-corrected chi connectivity index (χ1v) is 23.5. The number of rotatable bonds is 13. The summed E-state index contributed by atoms with van der Waals surface area (Å²) < 4.78 is 38.0. The number of benzene rings is 1. The second kappa shape index (κ2) is 23.1. The van der Waals surface area contributed by atoms with Gasteiger partial charge in [0.05, 0.1) is 46.5 Å². The minimum Gasteiger partial charge on any atom is -0.459 e. The molecule has 3 heterocycles. The van der Waals surface area contributed by atoms with Crippen molar-refractivity contribution in [1.29, 1.82) is 0 Å². The van der Waals surface area contributed by atoms with Crippen LogP contribution in [0.3, 0.4) is 0 Å². The number of cyclic esters (lactones) is 1. The Hall–Kier alpha value is -2.92. The van der Waals surface area contributed by atoms with E-state index in [2.05, 4.69) is 5.32 Å². The van der Waals surface area contributed by atoms with Crippen LogP contribution in [0.1, 0.15) is 112 Å². The predicted molar refractivity (Wildman–Crippen MR) is 243 cm³/mol. The lowest BCUT2D eigenvalue weighted by molar-refractivity contribution is -0.384. The third kappa shape index (κ3) is 13.2. The van der Waals surface area contributed by atoms with Crippen LogP contribution >= 0.6 is 0 Å². The van der Waals surface area contributed by atoms with E-state index in [0.717, 1.165) is 0 Å². The monoisotopic (exact) mass is 941 g/mol. The van der Waals surface area contributed by atoms with Gasteiger partial charge in [-0.2, -0.15) is 0 Å². The highest BCUT2D eigenvalue weighted by molar-refractivity contribution is 5.94. The highest BCUT2D eigenvalue weighted by Crippen LogP contribution is 2.40. The molecule has 3 fully saturated rings. The topological polar surface area (TPSA) is 252 Å². The average Bonchev–Trinajstić information content (AvgIpc) is 3.25. The molecule has 0 aromatic heterocycles. The maximum absolute atomic E-state index is 14.4. The van der Waals surface area contributed by atoms with Crippen LogP contribution < -0.4 is 5.32 Å². The van der Waals surface area contributed by atoms with E-state index in [4.69, 9.17) is 28.4 Å². The lowest BCUT2D eigenvalue weighted by Crippen LogP contribution is -2.61. The van der Waals surface area contributed by atoms with Crippen molar-refractivity contribution in [3.05, 3.63) is 39.9 Å². The number of nitrogens with zero attached hydrogens (tertiary/aromatic N) is 3. The van der Waals surface area contributed by atoms with Gasteiger partial charge in [0.1, 0.15) is 30.0 Å². The van der Waals surface area contributed by atoms with Crippen molar-refractivity contribution in [2.75, 3.05) is 40.8 Å². The van der Waals surface area contributed by atoms with Crippen molar-refractivity contribution in [3.63, 3.8) is 0 Å². The highest BCUT2D eigenvalue weighted by Gasteiger charge is 2.53. The molecule has 0 bridgehead atoms. The molecule has 6 N–H and O–H groups in total. The average molecular weight is 941 g/mol. The van der Waals surface area contributed by atoms with E-state index in [0.29, 0.717) is 38.0 Å². The van der Waals surface area contributed by atoms with Crippen molar-refractivity contribution in [2.45, 2.75) is 192 Å². The summed E-state index contributed by atoms with van der Waals surface area (Å²) in [4.78, 5) is 41.5. The zero-order valence-electron chi connectivity index (χ0n) is 41.3. The molecular formula is C47H80N4O15. The van der Waals surface area contributed by atoms with Crippen LogP contribution in [-0.4, -0.2) is 183 Å². The van der Waals surface area contributed by atoms with E-state index in [9.17, 15) is 45.2 Å². The molecule has 1 amide bonds. The van der Waals surface area contributed by atoms with Gasteiger partial charge >= 0.3 is 5.97 Å². The molecular weight excluding hydrogens is 861 g/mol. The summed E-state index contributed by atoms with van der Waals surface area (Å²) in [5.74, 6) is -3.24. The first-order valence-electron chi connectivity index (χ1n) is 23.5. The van der Waals surface area contributed by atoms with E-state index >= 15 is 0 Å². The van der Waals surface area contributed by atoms with Gasteiger partial charge in [0, 0.05) is 62.3 Å².